The van der Waals surface area contributed by atoms with E-state index in [0.29, 0.717) is 41.4 Å². The Morgan fingerprint density at radius 2 is 1.60 bits per heavy atom. The van der Waals surface area contributed by atoms with Crippen LogP contribution in [0.2, 0.25) is 0 Å². The molecule has 2 amide bonds. The molecule has 0 radical (unpaired) electrons. The van der Waals surface area contributed by atoms with Crippen molar-refractivity contribution in [2.45, 2.75) is 26.0 Å². The number of carbonyl (C=O) groups is 2. The van der Waals surface area contributed by atoms with Gasteiger partial charge in [0.15, 0.2) is 11.5 Å². The van der Waals surface area contributed by atoms with E-state index in [9.17, 15) is 9.59 Å². The Bertz CT molecular complexity index is 1210. The summed E-state index contributed by atoms with van der Waals surface area (Å²) in [6.07, 6.45) is 0.602. The van der Waals surface area contributed by atoms with Gasteiger partial charge in [-0.3, -0.25) is 0 Å². The monoisotopic (exact) mass is 472 g/mol. The highest BCUT2D eigenvalue weighted by Crippen LogP contribution is 2.35. The van der Waals surface area contributed by atoms with Gasteiger partial charge in [-0.2, -0.15) is 0 Å². The number of urea groups is 1. The lowest BCUT2D eigenvalue weighted by molar-refractivity contribution is -0.139. The molecule has 1 aliphatic rings. The third kappa shape index (κ3) is 6.00. The molecule has 3 aromatic rings. The van der Waals surface area contributed by atoms with Gasteiger partial charge in [-0.1, -0.05) is 66.7 Å². The number of carbonyl (C=O) groups excluding carboxylic acids is 2. The molecule has 35 heavy (non-hydrogen) atoms. The van der Waals surface area contributed by atoms with E-state index in [1.54, 1.807) is 26.2 Å². The first-order valence-corrected chi connectivity index (χ1v) is 11.4. The fourth-order valence-electron chi connectivity index (χ4n) is 3.92. The van der Waals surface area contributed by atoms with Gasteiger partial charge in [-0.05, 0) is 35.7 Å². The van der Waals surface area contributed by atoms with Gasteiger partial charge in [0, 0.05) is 12.1 Å². The summed E-state index contributed by atoms with van der Waals surface area (Å²) in [6.45, 7) is 2.31. The minimum atomic E-state index is -0.690. The molecule has 3 aromatic carbocycles. The first kappa shape index (κ1) is 23.9. The van der Waals surface area contributed by atoms with Crippen LogP contribution in [0, 0.1) is 0 Å². The topological polar surface area (TPSA) is 85.9 Å². The second kappa shape index (κ2) is 11.2. The Kier molecular flexibility index (Phi) is 7.67. The number of methoxy groups -OCH3 is 1. The van der Waals surface area contributed by atoms with Gasteiger partial charge in [-0.15, -0.1) is 0 Å². The number of esters is 1. The van der Waals surface area contributed by atoms with E-state index in [1.807, 2.05) is 66.7 Å². The quantitative estimate of drug-likeness (QED) is 0.442. The van der Waals surface area contributed by atoms with Crippen molar-refractivity contribution in [3.8, 4) is 11.5 Å². The molecule has 7 heteroatoms. The van der Waals surface area contributed by atoms with Crippen molar-refractivity contribution in [2.75, 3.05) is 13.7 Å². The van der Waals surface area contributed by atoms with Crippen molar-refractivity contribution >= 4 is 12.0 Å². The Morgan fingerprint density at radius 3 is 2.29 bits per heavy atom. The summed E-state index contributed by atoms with van der Waals surface area (Å²) in [5.41, 5.74) is 3.58. The first-order valence-electron chi connectivity index (χ1n) is 11.4. The molecule has 180 valence electrons. The van der Waals surface area contributed by atoms with Gasteiger partial charge in [-0.25, -0.2) is 9.59 Å². The van der Waals surface area contributed by atoms with E-state index in [1.165, 1.54) is 0 Å². The van der Waals surface area contributed by atoms with E-state index >= 15 is 0 Å². The summed E-state index contributed by atoms with van der Waals surface area (Å²) in [5.74, 6) is 0.577. The van der Waals surface area contributed by atoms with Gasteiger partial charge >= 0.3 is 12.0 Å². The van der Waals surface area contributed by atoms with Crippen LogP contribution in [-0.2, 0) is 22.6 Å². The SMILES string of the molecule is COc1cc(C2NC(=O)NC(C)=C2C(=O)OCCc2ccccc2)ccc1OCc1ccccc1. The standard InChI is InChI=1S/C28H28N2O5/c1-19-25(27(31)34-16-15-20-9-5-3-6-10-20)26(30-28(32)29-19)22-13-14-23(24(17-22)33-2)35-18-21-11-7-4-8-12-21/h3-14,17,26H,15-16,18H2,1-2H3,(H2,29,30,32). The molecule has 0 aliphatic carbocycles. The van der Waals surface area contributed by atoms with Gasteiger partial charge in [0.05, 0.1) is 25.3 Å². The van der Waals surface area contributed by atoms with Gasteiger partial charge in [0.25, 0.3) is 0 Å². The van der Waals surface area contributed by atoms with Crippen LogP contribution in [0.4, 0.5) is 4.79 Å². The number of amides is 2. The van der Waals surface area contributed by atoms with E-state index in [-0.39, 0.29) is 6.61 Å². The highest BCUT2D eigenvalue weighted by Gasteiger charge is 2.32. The zero-order chi connectivity index (χ0) is 24.6. The molecular weight excluding hydrogens is 444 g/mol. The Balaban J connectivity index is 1.51. The number of hydrogen-bond donors (Lipinski definition) is 2. The zero-order valence-electron chi connectivity index (χ0n) is 19.7. The van der Waals surface area contributed by atoms with E-state index in [0.717, 1.165) is 11.1 Å². The van der Waals surface area contributed by atoms with E-state index < -0.39 is 18.0 Å². The Labute approximate surface area is 204 Å². The van der Waals surface area contributed by atoms with Crippen LogP contribution >= 0.6 is 0 Å². The Hall–Kier alpha value is -4.26. The molecule has 2 N–H and O–H groups in total. The van der Waals surface area contributed by atoms with Crippen LogP contribution in [-0.4, -0.2) is 25.7 Å². The molecule has 0 aromatic heterocycles. The van der Waals surface area contributed by atoms with Crippen molar-refractivity contribution in [1.82, 2.24) is 10.6 Å². The molecule has 1 unspecified atom stereocenters. The second-order valence-corrected chi connectivity index (χ2v) is 8.13. The summed E-state index contributed by atoms with van der Waals surface area (Å²) in [7, 11) is 1.55. The number of hydrogen-bond acceptors (Lipinski definition) is 5. The molecular formula is C28H28N2O5. The maximum atomic E-state index is 13.0. The fraction of sp³-hybridized carbons (Fsp3) is 0.214. The third-order valence-electron chi connectivity index (χ3n) is 5.71. The van der Waals surface area contributed by atoms with Gasteiger partial charge in [0.2, 0.25) is 0 Å². The van der Waals surface area contributed by atoms with Crippen molar-refractivity contribution in [3.63, 3.8) is 0 Å². The maximum absolute atomic E-state index is 13.0. The lowest BCUT2D eigenvalue weighted by atomic mass is 9.95. The fourth-order valence-corrected chi connectivity index (χ4v) is 3.92. The average molecular weight is 473 g/mol. The first-order chi connectivity index (χ1) is 17.0. The maximum Gasteiger partial charge on any atom is 0.338 e. The van der Waals surface area contributed by atoms with E-state index in [2.05, 4.69) is 10.6 Å². The number of benzene rings is 3. The molecule has 4 rings (SSSR count). The molecule has 0 fully saturated rings. The van der Waals surface area contributed by atoms with Crippen LogP contribution in [0.25, 0.3) is 0 Å². The summed E-state index contributed by atoms with van der Waals surface area (Å²) < 4.78 is 17.0. The summed E-state index contributed by atoms with van der Waals surface area (Å²) in [5, 5.41) is 5.50. The highest BCUT2D eigenvalue weighted by molar-refractivity contribution is 5.95. The number of ether oxygens (including phenoxy) is 3. The van der Waals surface area contributed by atoms with Crippen LogP contribution in [0.15, 0.2) is 90.1 Å². The molecule has 1 aliphatic heterocycles. The predicted octanol–water partition coefficient (Wildman–Crippen LogP) is 4.69. The van der Waals surface area contributed by atoms with Gasteiger partial charge in [0.1, 0.15) is 6.61 Å². The van der Waals surface area contributed by atoms with Crippen LogP contribution < -0.4 is 20.1 Å². The second-order valence-electron chi connectivity index (χ2n) is 8.13. The molecule has 0 bridgehead atoms. The zero-order valence-corrected chi connectivity index (χ0v) is 19.7. The van der Waals surface area contributed by atoms with Crippen LogP contribution in [0.3, 0.4) is 0 Å². The van der Waals surface area contributed by atoms with Crippen molar-refractivity contribution in [1.29, 1.82) is 0 Å². The van der Waals surface area contributed by atoms with Crippen molar-refractivity contribution in [2.24, 2.45) is 0 Å². The smallest absolute Gasteiger partial charge is 0.338 e. The normalized spacial score (nSPS) is 15.1. The molecule has 1 atom stereocenters. The summed E-state index contributed by atoms with van der Waals surface area (Å²) in [6, 6.07) is 23.9. The molecule has 0 saturated heterocycles. The third-order valence-corrected chi connectivity index (χ3v) is 5.71. The van der Waals surface area contributed by atoms with Gasteiger partial charge < -0.3 is 24.8 Å². The molecule has 0 saturated carbocycles. The lowest BCUT2D eigenvalue weighted by Crippen LogP contribution is -2.45. The van der Waals surface area contributed by atoms with Crippen molar-refractivity contribution < 1.29 is 23.8 Å². The molecule has 1 heterocycles. The molecule has 0 spiro atoms. The average Bonchev–Trinajstić information content (AvgIpc) is 2.88. The number of allylic oxidation sites excluding steroid dienone is 1. The lowest BCUT2D eigenvalue weighted by Gasteiger charge is -2.28. The number of nitrogens with one attached hydrogen (secondary N) is 2. The number of rotatable bonds is 9. The summed E-state index contributed by atoms with van der Waals surface area (Å²) in [4.78, 5) is 25.3. The predicted molar refractivity (Wildman–Crippen MR) is 132 cm³/mol. The largest absolute Gasteiger partial charge is 0.493 e. The Morgan fingerprint density at radius 1 is 0.914 bits per heavy atom. The van der Waals surface area contributed by atoms with Crippen molar-refractivity contribution in [3.05, 3.63) is 107 Å². The summed E-state index contributed by atoms with van der Waals surface area (Å²) >= 11 is 0. The van der Waals surface area contributed by atoms with E-state index in [4.69, 9.17) is 14.2 Å². The highest BCUT2D eigenvalue weighted by atomic mass is 16.5. The minimum absolute atomic E-state index is 0.232. The van der Waals surface area contributed by atoms with Crippen LogP contribution in [0.1, 0.15) is 29.7 Å². The van der Waals surface area contributed by atoms with Crippen LogP contribution in [0.5, 0.6) is 11.5 Å². The molecule has 7 nitrogen and oxygen atoms in total. The minimum Gasteiger partial charge on any atom is -0.493 e.